The zero-order chi connectivity index (χ0) is 6.97. The lowest BCUT2D eigenvalue weighted by atomic mass is 10.1. The molecule has 0 spiro atoms. The van der Waals surface area contributed by atoms with Gasteiger partial charge in [-0.25, -0.2) is 4.99 Å². The molecule has 0 fully saturated rings. The van der Waals surface area contributed by atoms with Gasteiger partial charge in [0.25, 0.3) is 0 Å². The SMILES string of the molecule is N=C1N=CCc2[nH]ccc21. The van der Waals surface area contributed by atoms with E-state index in [1.54, 1.807) is 6.21 Å². The molecule has 0 radical (unpaired) electrons. The molecule has 2 N–H and O–H groups in total. The predicted octanol–water partition coefficient (Wildman–Crippen LogP) is 0.967. The van der Waals surface area contributed by atoms with Crippen LogP contribution in [0, 0.1) is 5.41 Å². The van der Waals surface area contributed by atoms with Crippen molar-refractivity contribution in [2.45, 2.75) is 6.42 Å². The number of hydrogen-bond donors (Lipinski definition) is 2. The van der Waals surface area contributed by atoms with E-state index in [1.807, 2.05) is 12.3 Å². The van der Waals surface area contributed by atoms with Crippen LogP contribution in [0.3, 0.4) is 0 Å². The van der Waals surface area contributed by atoms with Crippen molar-refractivity contribution in [1.29, 1.82) is 5.41 Å². The van der Waals surface area contributed by atoms with E-state index < -0.39 is 0 Å². The lowest BCUT2D eigenvalue weighted by molar-refractivity contribution is 1.17. The molecule has 3 nitrogen and oxygen atoms in total. The Kier molecular flexibility index (Phi) is 0.974. The molecule has 0 saturated heterocycles. The van der Waals surface area contributed by atoms with Gasteiger partial charge in [-0.2, -0.15) is 0 Å². The van der Waals surface area contributed by atoms with Crippen molar-refractivity contribution in [2.75, 3.05) is 0 Å². The fourth-order valence-electron chi connectivity index (χ4n) is 1.09. The molecular formula is C7H7N3. The van der Waals surface area contributed by atoms with Gasteiger partial charge in [0.05, 0.1) is 0 Å². The van der Waals surface area contributed by atoms with Crippen molar-refractivity contribution >= 4 is 12.1 Å². The lowest BCUT2D eigenvalue weighted by Crippen LogP contribution is -2.05. The van der Waals surface area contributed by atoms with Gasteiger partial charge in [0.1, 0.15) is 0 Å². The number of aliphatic imine (C=N–C) groups is 1. The molecule has 1 aliphatic rings. The summed E-state index contributed by atoms with van der Waals surface area (Å²) in [6.45, 7) is 0. The summed E-state index contributed by atoms with van der Waals surface area (Å²) in [6.07, 6.45) is 4.42. The van der Waals surface area contributed by atoms with Crippen LogP contribution in [0.5, 0.6) is 0 Å². The van der Waals surface area contributed by atoms with Gasteiger partial charge in [0.15, 0.2) is 5.84 Å². The quantitative estimate of drug-likeness (QED) is 0.530. The molecule has 0 amide bonds. The van der Waals surface area contributed by atoms with Crippen LogP contribution in [0.1, 0.15) is 11.3 Å². The van der Waals surface area contributed by atoms with Gasteiger partial charge in [0, 0.05) is 30.1 Å². The van der Waals surface area contributed by atoms with Crippen LogP contribution in [-0.2, 0) is 6.42 Å². The smallest absolute Gasteiger partial charge is 0.153 e. The molecule has 0 bridgehead atoms. The molecule has 1 aromatic heterocycles. The number of amidine groups is 1. The zero-order valence-electron chi connectivity index (χ0n) is 5.39. The number of nitrogens with one attached hydrogen (secondary N) is 2. The predicted molar refractivity (Wildman–Crippen MR) is 39.8 cm³/mol. The summed E-state index contributed by atoms with van der Waals surface area (Å²) in [5.41, 5.74) is 2.03. The van der Waals surface area contributed by atoms with Gasteiger partial charge in [-0.05, 0) is 6.07 Å². The minimum Gasteiger partial charge on any atom is -0.364 e. The molecule has 0 unspecified atom stereocenters. The largest absolute Gasteiger partial charge is 0.364 e. The van der Waals surface area contributed by atoms with E-state index in [0.717, 1.165) is 17.7 Å². The maximum absolute atomic E-state index is 7.37. The van der Waals surface area contributed by atoms with E-state index in [2.05, 4.69) is 9.98 Å². The second-order valence-corrected chi connectivity index (χ2v) is 2.23. The van der Waals surface area contributed by atoms with Crippen LogP contribution in [0.2, 0.25) is 0 Å². The first-order valence-electron chi connectivity index (χ1n) is 3.15. The molecule has 0 saturated carbocycles. The highest BCUT2D eigenvalue weighted by atomic mass is 14.9. The van der Waals surface area contributed by atoms with Crippen LogP contribution < -0.4 is 0 Å². The number of aromatic nitrogens is 1. The summed E-state index contributed by atoms with van der Waals surface area (Å²) < 4.78 is 0. The van der Waals surface area contributed by atoms with Crippen molar-refractivity contribution in [2.24, 2.45) is 4.99 Å². The molecule has 1 aliphatic heterocycles. The Morgan fingerprint density at radius 3 is 3.30 bits per heavy atom. The van der Waals surface area contributed by atoms with Crippen LogP contribution in [-0.4, -0.2) is 17.0 Å². The summed E-state index contributed by atoms with van der Waals surface area (Å²) in [4.78, 5) is 6.94. The maximum Gasteiger partial charge on any atom is 0.153 e. The Balaban J connectivity index is 2.58. The highest BCUT2D eigenvalue weighted by molar-refractivity contribution is 6.04. The van der Waals surface area contributed by atoms with Gasteiger partial charge in [-0.1, -0.05) is 0 Å². The fourth-order valence-corrected chi connectivity index (χ4v) is 1.09. The summed E-state index contributed by atoms with van der Waals surface area (Å²) >= 11 is 0. The number of nitrogens with zero attached hydrogens (tertiary/aromatic N) is 1. The molecule has 2 rings (SSSR count). The number of aromatic amines is 1. The third-order valence-electron chi connectivity index (χ3n) is 1.60. The average molecular weight is 133 g/mol. The van der Waals surface area contributed by atoms with Crippen molar-refractivity contribution in [3.05, 3.63) is 23.5 Å². The molecule has 10 heavy (non-hydrogen) atoms. The van der Waals surface area contributed by atoms with Crippen LogP contribution in [0.25, 0.3) is 0 Å². The Bertz CT molecular complexity index is 296. The summed E-state index contributed by atoms with van der Waals surface area (Å²) in [6, 6.07) is 1.88. The highest BCUT2D eigenvalue weighted by Crippen LogP contribution is 2.11. The Labute approximate surface area is 58.3 Å². The van der Waals surface area contributed by atoms with Crippen LogP contribution in [0.15, 0.2) is 17.3 Å². The van der Waals surface area contributed by atoms with Crippen LogP contribution in [0.4, 0.5) is 0 Å². The first-order valence-corrected chi connectivity index (χ1v) is 3.15. The monoisotopic (exact) mass is 133 g/mol. The minimum absolute atomic E-state index is 0.363. The van der Waals surface area contributed by atoms with E-state index in [1.165, 1.54) is 0 Å². The summed E-state index contributed by atoms with van der Waals surface area (Å²) in [5, 5.41) is 7.37. The second-order valence-electron chi connectivity index (χ2n) is 2.23. The number of H-pyrrole nitrogens is 1. The molecular weight excluding hydrogens is 126 g/mol. The molecule has 50 valence electrons. The summed E-state index contributed by atoms with van der Waals surface area (Å²) in [5.74, 6) is 0.363. The van der Waals surface area contributed by atoms with Crippen molar-refractivity contribution in [1.82, 2.24) is 4.98 Å². The Morgan fingerprint density at radius 2 is 2.50 bits per heavy atom. The minimum atomic E-state index is 0.363. The Hall–Kier alpha value is -1.38. The normalized spacial score (nSPS) is 15.4. The fraction of sp³-hybridized carbons (Fsp3) is 0.143. The maximum atomic E-state index is 7.37. The van der Waals surface area contributed by atoms with Gasteiger partial charge >= 0.3 is 0 Å². The van der Waals surface area contributed by atoms with E-state index >= 15 is 0 Å². The molecule has 2 heterocycles. The van der Waals surface area contributed by atoms with E-state index in [4.69, 9.17) is 5.41 Å². The van der Waals surface area contributed by atoms with Crippen LogP contribution >= 0.6 is 0 Å². The molecule has 1 aromatic rings. The third-order valence-corrected chi connectivity index (χ3v) is 1.60. The third kappa shape index (κ3) is 0.603. The standard InChI is InChI=1S/C7H7N3/c8-7-5-1-3-9-6(5)2-4-10-7/h1,3-4,8-9H,2H2. The van der Waals surface area contributed by atoms with Crippen molar-refractivity contribution in [3.63, 3.8) is 0 Å². The van der Waals surface area contributed by atoms with E-state index in [9.17, 15) is 0 Å². The molecule has 0 aromatic carbocycles. The highest BCUT2D eigenvalue weighted by Gasteiger charge is 2.10. The first-order chi connectivity index (χ1) is 4.88. The van der Waals surface area contributed by atoms with Crippen molar-refractivity contribution < 1.29 is 0 Å². The molecule has 3 heteroatoms. The average Bonchev–Trinajstić information content (AvgIpc) is 2.36. The number of hydrogen-bond acceptors (Lipinski definition) is 1. The lowest BCUT2D eigenvalue weighted by Gasteiger charge is -2.03. The first kappa shape index (κ1) is 5.41. The number of fused-ring (bicyclic) bond motifs is 1. The topological polar surface area (TPSA) is 52.0 Å². The number of rotatable bonds is 0. The van der Waals surface area contributed by atoms with Crippen molar-refractivity contribution in [3.8, 4) is 0 Å². The zero-order valence-corrected chi connectivity index (χ0v) is 5.39. The van der Waals surface area contributed by atoms with Gasteiger partial charge in [0.2, 0.25) is 0 Å². The molecule has 0 atom stereocenters. The second kappa shape index (κ2) is 1.80. The van der Waals surface area contributed by atoms with Gasteiger partial charge in [-0.15, -0.1) is 0 Å². The van der Waals surface area contributed by atoms with E-state index in [-0.39, 0.29) is 0 Å². The van der Waals surface area contributed by atoms with Gasteiger partial charge < -0.3 is 4.98 Å². The molecule has 0 aliphatic carbocycles. The summed E-state index contributed by atoms with van der Waals surface area (Å²) in [7, 11) is 0. The van der Waals surface area contributed by atoms with Gasteiger partial charge in [-0.3, -0.25) is 5.41 Å². The van der Waals surface area contributed by atoms with E-state index in [0.29, 0.717) is 5.84 Å². The Morgan fingerprint density at radius 1 is 1.60 bits per heavy atom.